The third kappa shape index (κ3) is 10.3. The van der Waals surface area contributed by atoms with Crippen LogP contribution in [0.2, 0.25) is 0 Å². The second-order valence-electron chi connectivity index (χ2n) is 8.79. The number of nitrogens with zero attached hydrogens (tertiary/aromatic N) is 4. The van der Waals surface area contributed by atoms with Gasteiger partial charge in [0.25, 0.3) is 0 Å². The van der Waals surface area contributed by atoms with Gasteiger partial charge in [-0.3, -0.25) is 29.1 Å². The van der Waals surface area contributed by atoms with Crippen LogP contribution in [0.4, 0.5) is 4.79 Å². The van der Waals surface area contributed by atoms with Crippen molar-refractivity contribution in [3.8, 4) is 0 Å². The maximum absolute atomic E-state index is 12.2. The maximum Gasteiger partial charge on any atom is 0.407 e. The highest BCUT2D eigenvalue weighted by Gasteiger charge is 2.28. The van der Waals surface area contributed by atoms with Crippen molar-refractivity contribution < 1.29 is 39.6 Å². The molecule has 0 spiro atoms. The van der Waals surface area contributed by atoms with Crippen molar-refractivity contribution in [2.45, 2.75) is 19.4 Å². The Morgan fingerprint density at radius 3 is 1.60 bits per heavy atom. The van der Waals surface area contributed by atoms with Crippen molar-refractivity contribution >= 4 is 24.0 Å². The van der Waals surface area contributed by atoms with Crippen molar-refractivity contribution in [2.75, 3.05) is 65.4 Å². The average molecular weight is 495 g/mol. The van der Waals surface area contributed by atoms with Crippen molar-refractivity contribution in [3.05, 3.63) is 35.4 Å². The van der Waals surface area contributed by atoms with Gasteiger partial charge in [0, 0.05) is 45.8 Å². The molecule has 2 rings (SSSR count). The van der Waals surface area contributed by atoms with Crippen LogP contribution in [-0.2, 0) is 20.8 Å². The van der Waals surface area contributed by atoms with Gasteiger partial charge in [-0.25, -0.2) is 4.79 Å². The van der Waals surface area contributed by atoms with E-state index in [1.165, 1.54) is 4.90 Å². The van der Waals surface area contributed by atoms with E-state index in [-0.39, 0.29) is 65.4 Å². The number of hydrogen-bond donors (Lipinski definition) is 4. The number of carboxylic acid groups (broad SMARTS) is 4. The number of benzene rings is 1. The summed E-state index contributed by atoms with van der Waals surface area (Å²) in [5.74, 6) is -3.17. The molecular weight excluding hydrogens is 460 g/mol. The van der Waals surface area contributed by atoms with Gasteiger partial charge in [0.05, 0.1) is 25.7 Å². The number of carbonyl (C=O) groups is 4. The van der Waals surface area contributed by atoms with Gasteiger partial charge in [-0.05, 0) is 18.9 Å². The minimum absolute atomic E-state index is 0.0268. The van der Waals surface area contributed by atoms with Crippen LogP contribution in [0, 0.1) is 6.92 Å². The van der Waals surface area contributed by atoms with Gasteiger partial charge in [-0.15, -0.1) is 0 Å². The minimum atomic E-state index is -1.17. The summed E-state index contributed by atoms with van der Waals surface area (Å²) in [5, 5.41) is 38.0. The first kappa shape index (κ1) is 28.0. The summed E-state index contributed by atoms with van der Waals surface area (Å²) in [4.78, 5) is 52.6. The van der Waals surface area contributed by atoms with Gasteiger partial charge in [-0.2, -0.15) is 0 Å². The van der Waals surface area contributed by atoms with E-state index >= 15 is 0 Å². The van der Waals surface area contributed by atoms with E-state index in [0.29, 0.717) is 6.42 Å². The lowest BCUT2D eigenvalue weighted by molar-refractivity contribution is -0.140. The Hall–Kier alpha value is -3.22. The number of hydrogen-bond acceptors (Lipinski definition) is 7. The Balaban J connectivity index is 2.37. The minimum Gasteiger partial charge on any atom is -0.480 e. The van der Waals surface area contributed by atoms with Gasteiger partial charge in [0.15, 0.2) is 0 Å². The lowest BCUT2D eigenvalue weighted by atomic mass is 10.0. The molecule has 1 aliphatic heterocycles. The summed E-state index contributed by atoms with van der Waals surface area (Å²) in [7, 11) is 0. The highest BCUT2D eigenvalue weighted by Crippen LogP contribution is 2.14. The van der Waals surface area contributed by atoms with Crippen LogP contribution in [0.25, 0.3) is 0 Å². The number of carboxylic acids is 3. The normalized spacial score (nSPS) is 19.5. The smallest absolute Gasteiger partial charge is 0.407 e. The number of aliphatic carboxylic acids is 3. The van der Waals surface area contributed by atoms with Crippen LogP contribution in [0.3, 0.4) is 0 Å². The topological polar surface area (TPSA) is 162 Å². The molecule has 0 bridgehead atoms. The van der Waals surface area contributed by atoms with E-state index in [1.54, 1.807) is 14.7 Å². The number of rotatable bonds is 8. The summed E-state index contributed by atoms with van der Waals surface area (Å²) in [6.45, 7) is 2.30. The molecule has 1 aromatic carbocycles. The molecule has 0 aliphatic carbocycles. The first-order valence-electron chi connectivity index (χ1n) is 11.4. The molecular formula is C23H34N4O8. The summed E-state index contributed by atoms with van der Waals surface area (Å²) in [6, 6.07) is 7.05. The predicted molar refractivity (Wildman–Crippen MR) is 126 cm³/mol. The second kappa shape index (κ2) is 13.6. The van der Waals surface area contributed by atoms with E-state index < -0.39 is 30.0 Å². The zero-order valence-electron chi connectivity index (χ0n) is 19.9. The molecule has 12 nitrogen and oxygen atoms in total. The molecule has 0 aromatic heterocycles. The maximum atomic E-state index is 12.2. The Morgan fingerprint density at radius 1 is 0.714 bits per heavy atom. The molecule has 12 heteroatoms. The van der Waals surface area contributed by atoms with Crippen LogP contribution in [0.5, 0.6) is 0 Å². The first-order valence-corrected chi connectivity index (χ1v) is 11.4. The fraction of sp³-hybridized carbons (Fsp3) is 0.565. The molecule has 1 atom stereocenters. The van der Waals surface area contributed by atoms with Crippen LogP contribution in [0.15, 0.2) is 24.3 Å². The third-order valence-corrected chi connectivity index (χ3v) is 5.95. The molecule has 1 aliphatic rings. The SMILES string of the molecule is Cc1ccc(CC2CN(CC(=O)O)CCN(CC(=O)O)CCN(CC(=O)O)CCN2C(=O)O)cc1. The van der Waals surface area contributed by atoms with Gasteiger partial charge in [0.2, 0.25) is 0 Å². The van der Waals surface area contributed by atoms with Crippen LogP contribution in [-0.4, -0.2) is 136 Å². The van der Waals surface area contributed by atoms with Gasteiger partial charge in [0.1, 0.15) is 0 Å². The van der Waals surface area contributed by atoms with Crippen molar-refractivity contribution in [1.29, 1.82) is 0 Å². The van der Waals surface area contributed by atoms with Crippen molar-refractivity contribution in [1.82, 2.24) is 19.6 Å². The fourth-order valence-corrected chi connectivity index (χ4v) is 4.17. The van der Waals surface area contributed by atoms with Gasteiger partial charge >= 0.3 is 24.0 Å². The van der Waals surface area contributed by atoms with Crippen molar-refractivity contribution in [3.63, 3.8) is 0 Å². The second-order valence-corrected chi connectivity index (χ2v) is 8.79. The molecule has 1 aromatic rings. The van der Waals surface area contributed by atoms with E-state index in [4.69, 9.17) is 0 Å². The molecule has 35 heavy (non-hydrogen) atoms. The molecule has 1 unspecified atom stereocenters. The molecule has 0 radical (unpaired) electrons. The summed E-state index contributed by atoms with van der Waals surface area (Å²) >= 11 is 0. The Morgan fingerprint density at radius 2 is 1.14 bits per heavy atom. The standard InChI is InChI=1S/C23H34N4O8/c1-17-2-4-18(5-3-17)12-19-13-26(16-22(32)33)9-8-24(14-20(28)29)6-7-25(15-21(30)31)10-11-27(19)23(34)35/h2-5,19H,6-16H2,1H3,(H,28,29)(H,30,31)(H,32,33)(H,34,35). The molecule has 4 N–H and O–H groups in total. The molecule has 0 saturated carbocycles. The molecule has 1 amide bonds. The van der Waals surface area contributed by atoms with Gasteiger partial charge in [-0.1, -0.05) is 29.8 Å². The summed E-state index contributed by atoms with van der Waals surface area (Å²) in [5.41, 5.74) is 1.95. The molecule has 1 saturated heterocycles. The van der Waals surface area contributed by atoms with E-state index in [9.17, 15) is 39.6 Å². The molecule has 194 valence electrons. The quantitative estimate of drug-likeness (QED) is 0.386. The Bertz CT molecular complexity index is 879. The average Bonchev–Trinajstić information content (AvgIpc) is 2.74. The third-order valence-electron chi connectivity index (χ3n) is 5.95. The van der Waals surface area contributed by atoms with Gasteiger partial charge < -0.3 is 25.3 Å². The predicted octanol–water partition coefficient (Wildman–Crippen LogP) is 0.0595. The number of amides is 1. The van der Waals surface area contributed by atoms with E-state index in [1.807, 2.05) is 31.2 Å². The zero-order valence-corrected chi connectivity index (χ0v) is 19.9. The monoisotopic (exact) mass is 494 g/mol. The van der Waals surface area contributed by atoms with Crippen LogP contribution in [0.1, 0.15) is 11.1 Å². The van der Waals surface area contributed by atoms with Crippen molar-refractivity contribution in [2.24, 2.45) is 0 Å². The number of aryl methyl sites for hydroxylation is 1. The van der Waals surface area contributed by atoms with E-state index in [0.717, 1.165) is 11.1 Å². The first-order chi connectivity index (χ1) is 16.5. The highest BCUT2D eigenvalue weighted by molar-refractivity contribution is 5.70. The Labute approximate surface area is 203 Å². The van der Waals surface area contributed by atoms with Crippen LogP contribution >= 0.6 is 0 Å². The molecule has 1 fully saturated rings. The van der Waals surface area contributed by atoms with E-state index in [2.05, 4.69) is 0 Å². The zero-order chi connectivity index (χ0) is 26.0. The lowest BCUT2D eigenvalue weighted by Crippen LogP contribution is -2.53. The summed E-state index contributed by atoms with van der Waals surface area (Å²) in [6.07, 6.45) is -0.822. The fourth-order valence-electron chi connectivity index (χ4n) is 4.17. The highest BCUT2D eigenvalue weighted by atomic mass is 16.4. The molecule has 1 heterocycles. The van der Waals surface area contributed by atoms with Crippen LogP contribution < -0.4 is 0 Å². The largest absolute Gasteiger partial charge is 0.480 e. The lowest BCUT2D eigenvalue weighted by Gasteiger charge is -2.37. The summed E-state index contributed by atoms with van der Waals surface area (Å²) < 4.78 is 0. The Kier molecular flexibility index (Phi) is 10.9.